The van der Waals surface area contributed by atoms with Gasteiger partial charge in [0, 0.05) is 38.3 Å². The molecule has 1 heterocycles. The third-order valence-electron chi connectivity index (χ3n) is 5.09. The second kappa shape index (κ2) is 9.64. The molecule has 1 amide bonds. The molecule has 0 radical (unpaired) electrons. The van der Waals surface area contributed by atoms with E-state index in [-0.39, 0.29) is 61.0 Å². The van der Waals surface area contributed by atoms with Crippen LogP contribution in [0.25, 0.3) is 0 Å². The average molecular weight is 435 g/mol. The lowest BCUT2D eigenvalue weighted by atomic mass is 9.99. The van der Waals surface area contributed by atoms with Gasteiger partial charge < -0.3 is 10.6 Å². The van der Waals surface area contributed by atoms with Gasteiger partial charge in [-0.2, -0.15) is 4.31 Å². The summed E-state index contributed by atoms with van der Waals surface area (Å²) < 4.78 is 27.1. The molecule has 0 spiro atoms. The Morgan fingerprint density at radius 1 is 1.29 bits per heavy atom. The van der Waals surface area contributed by atoms with Gasteiger partial charge in [-0.15, -0.1) is 12.4 Å². The van der Waals surface area contributed by atoms with Crippen molar-refractivity contribution in [1.29, 1.82) is 0 Å². The molecule has 1 aliphatic heterocycles. The van der Waals surface area contributed by atoms with Gasteiger partial charge in [0.2, 0.25) is 15.9 Å². The van der Waals surface area contributed by atoms with Crippen LogP contribution in [0.15, 0.2) is 23.1 Å². The molecule has 11 heteroatoms. The number of non-ortho nitro benzene ring substituents is 1. The fourth-order valence-corrected chi connectivity index (χ4v) is 4.64. The van der Waals surface area contributed by atoms with Crippen LogP contribution in [-0.2, 0) is 14.8 Å². The molecule has 28 heavy (non-hydrogen) atoms. The number of nitro groups is 1. The number of piperazine rings is 1. The van der Waals surface area contributed by atoms with Gasteiger partial charge >= 0.3 is 0 Å². The Morgan fingerprint density at radius 2 is 1.86 bits per heavy atom. The fourth-order valence-electron chi connectivity index (χ4n) is 2.98. The number of benzene rings is 1. The zero-order chi connectivity index (χ0) is 20.4. The molecule has 2 rings (SSSR count). The van der Waals surface area contributed by atoms with E-state index in [1.54, 1.807) is 11.8 Å². The van der Waals surface area contributed by atoms with Crippen molar-refractivity contribution in [2.24, 2.45) is 11.7 Å². The molecule has 0 bridgehead atoms. The topological polar surface area (TPSA) is 127 Å². The standard InChI is InChI=1S/C17H26N4O5S.ClH/c1-4-12(2)16(18)17(22)19-7-9-20(10-8-19)27(25,26)15-11-14(21(23)24)6-5-13(15)3;/h5-6,11-12,16H,4,7-10,18H2,1-3H3;1H. The predicted octanol–water partition coefficient (Wildman–Crippen LogP) is 1.53. The maximum Gasteiger partial charge on any atom is 0.270 e. The molecule has 2 unspecified atom stereocenters. The zero-order valence-corrected chi connectivity index (χ0v) is 17.8. The number of halogens is 1. The lowest BCUT2D eigenvalue weighted by Gasteiger charge is -2.36. The van der Waals surface area contributed by atoms with Crippen molar-refractivity contribution >= 4 is 34.0 Å². The van der Waals surface area contributed by atoms with Gasteiger partial charge in [0.15, 0.2) is 0 Å². The molecular formula is C17H27ClN4O5S. The maximum atomic E-state index is 12.9. The molecule has 1 aliphatic rings. The van der Waals surface area contributed by atoms with E-state index in [2.05, 4.69) is 0 Å². The monoisotopic (exact) mass is 434 g/mol. The summed E-state index contributed by atoms with van der Waals surface area (Å²) in [6.07, 6.45) is 0.785. The van der Waals surface area contributed by atoms with Crippen LogP contribution in [0.2, 0.25) is 0 Å². The van der Waals surface area contributed by atoms with Gasteiger partial charge in [0.25, 0.3) is 5.69 Å². The summed E-state index contributed by atoms with van der Waals surface area (Å²) in [4.78, 5) is 24.3. The van der Waals surface area contributed by atoms with Gasteiger partial charge in [-0.25, -0.2) is 8.42 Å². The Bertz CT molecular complexity index is 825. The Morgan fingerprint density at radius 3 is 2.36 bits per heavy atom. The number of rotatable bonds is 6. The first-order valence-corrected chi connectivity index (χ1v) is 10.3. The first-order chi connectivity index (χ1) is 12.6. The molecule has 2 N–H and O–H groups in total. The lowest BCUT2D eigenvalue weighted by Crippen LogP contribution is -2.55. The van der Waals surface area contributed by atoms with E-state index < -0.39 is 21.0 Å². The minimum Gasteiger partial charge on any atom is -0.339 e. The number of nitrogens with two attached hydrogens (primary N) is 1. The molecule has 9 nitrogen and oxygen atoms in total. The number of carbonyl (C=O) groups excluding carboxylic acids is 1. The van der Waals surface area contributed by atoms with Crippen LogP contribution in [0.5, 0.6) is 0 Å². The minimum atomic E-state index is -3.88. The number of sulfonamides is 1. The summed E-state index contributed by atoms with van der Waals surface area (Å²) in [7, 11) is -3.88. The predicted molar refractivity (Wildman–Crippen MR) is 108 cm³/mol. The summed E-state index contributed by atoms with van der Waals surface area (Å²) in [5, 5.41) is 11.0. The molecule has 1 aromatic rings. The van der Waals surface area contributed by atoms with E-state index in [1.807, 2.05) is 13.8 Å². The molecule has 1 aromatic carbocycles. The smallest absolute Gasteiger partial charge is 0.270 e. The highest BCUT2D eigenvalue weighted by Gasteiger charge is 2.34. The van der Waals surface area contributed by atoms with Gasteiger partial charge in [-0.3, -0.25) is 14.9 Å². The molecule has 1 fully saturated rings. The number of hydrogen-bond acceptors (Lipinski definition) is 6. The molecule has 158 valence electrons. The normalized spacial score (nSPS) is 17.5. The number of aryl methyl sites for hydroxylation is 1. The molecule has 0 aliphatic carbocycles. The summed E-state index contributed by atoms with van der Waals surface area (Å²) in [6, 6.07) is 3.19. The quantitative estimate of drug-likeness (QED) is 0.534. The van der Waals surface area contributed by atoms with Crippen molar-refractivity contribution in [3.63, 3.8) is 0 Å². The van der Waals surface area contributed by atoms with E-state index >= 15 is 0 Å². The average Bonchev–Trinajstić information content (AvgIpc) is 2.66. The Kier molecular flexibility index (Phi) is 8.36. The molecule has 0 saturated carbocycles. The van der Waals surface area contributed by atoms with Gasteiger partial charge in [0.1, 0.15) is 0 Å². The second-order valence-corrected chi connectivity index (χ2v) is 8.75. The highest BCUT2D eigenvalue weighted by atomic mass is 35.5. The van der Waals surface area contributed by atoms with Crippen LogP contribution < -0.4 is 5.73 Å². The molecule has 0 aromatic heterocycles. The van der Waals surface area contributed by atoms with Crippen molar-refractivity contribution in [1.82, 2.24) is 9.21 Å². The third kappa shape index (κ3) is 4.99. The molecule has 2 atom stereocenters. The Labute approximate surface area is 171 Å². The van der Waals surface area contributed by atoms with E-state index in [4.69, 9.17) is 5.73 Å². The summed E-state index contributed by atoms with van der Waals surface area (Å²) in [5.74, 6) is -0.125. The Balaban J connectivity index is 0.00000392. The van der Waals surface area contributed by atoms with E-state index in [0.29, 0.717) is 5.56 Å². The van der Waals surface area contributed by atoms with Gasteiger partial charge in [-0.05, 0) is 18.4 Å². The summed E-state index contributed by atoms with van der Waals surface area (Å²) in [6.45, 7) is 6.22. The van der Waals surface area contributed by atoms with E-state index in [9.17, 15) is 23.3 Å². The third-order valence-corrected chi connectivity index (χ3v) is 7.13. The summed E-state index contributed by atoms with van der Waals surface area (Å²) in [5.41, 5.74) is 6.16. The van der Waals surface area contributed by atoms with Crippen molar-refractivity contribution in [2.45, 2.75) is 38.1 Å². The van der Waals surface area contributed by atoms with Crippen LogP contribution in [-0.4, -0.2) is 60.7 Å². The highest BCUT2D eigenvalue weighted by Crippen LogP contribution is 2.25. The number of carbonyl (C=O) groups is 1. The van der Waals surface area contributed by atoms with Crippen molar-refractivity contribution in [2.75, 3.05) is 26.2 Å². The Hall–Kier alpha value is -1.75. The number of amides is 1. The SMILES string of the molecule is CCC(C)C(N)C(=O)N1CCN(S(=O)(=O)c2cc([N+](=O)[O-])ccc2C)CC1.Cl. The zero-order valence-electron chi connectivity index (χ0n) is 16.2. The van der Waals surface area contributed by atoms with Gasteiger partial charge in [0.05, 0.1) is 15.9 Å². The fraction of sp³-hybridized carbons (Fsp3) is 0.588. The second-order valence-electron chi connectivity index (χ2n) is 6.85. The van der Waals surface area contributed by atoms with Crippen LogP contribution in [0.3, 0.4) is 0 Å². The van der Waals surface area contributed by atoms with E-state index in [1.165, 1.54) is 16.4 Å². The highest BCUT2D eigenvalue weighted by molar-refractivity contribution is 7.89. The lowest BCUT2D eigenvalue weighted by molar-refractivity contribution is -0.385. The minimum absolute atomic E-state index is 0. The van der Waals surface area contributed by atoms with Crippen LogP contribution in [0.4, 0.5) is 5.69 Å². The van der Waals surface area contributed by atoms with Crippen LogP contribution in [0.1, 0.15) is 25.8 Å². The number of hydrogen-bond donors (Lipinski definition) is 1. The van der Waals surface area contributed by atoms with Crippen molar-refractivity contribution in [3.8, 4) is 0 Å². The van der Waals surface area contributed by atoms with E-state index in [0.717, 1.165) is 12.5 Å². The summed E-state index contributed by atoms with van der Waals surface area (Å²) >= 11 is 0. The van der Waals surface area contributed by atoms with Crippen molar-refractivity contribution < 1.29 is 18.1 Å². The first-order valence-electron chi connectivity index (χ1n) is 8.89. The first kappa shape index (κ1) is 24.3. The largest absolute Gasteiger partial charge is 0.339 e. The number of nitrogens with zero attached hydrogens (tertiary/aromatic N) is 3. The molecule has 1 saturated heterocycles. The number of nitro benzene ring substituents is 1. The van der Waals surface area contributed by atoms with Crippen LogP contribution in [0, 0.1) is 23.0 Å². The molecular weight excluding hydrogens is 408 g/mol. The maximum absolute atomic E-state index is 12.9. The van der Waals surface area contributed by atoms with Crippen molar-refractivity contribution in [3.05, 3.63) is 33.9 Å². The van der Waals surface area contributed by atoms with Gasteiger partial charge in [-0.1, -0.05) is 26.3 Å². The van der Waals surface area contributed by atoms with Crippen LogP contribution >= 0.6 is 12.4 Å².